The van der Waals surface area contributed by atoms with Gasteiger partial charge in [-0.3, -0.25) is 4.79 Å². The average molecular weight is 375 g/mol. The van der Waals surface area contributed by atoms with Crippen molar-refractivity contribution in [3.8, 4) is 0 Å². The molecule has 1 amide bonds. The molecule has 1 fully saturated rings. The van der Waals surface area contributed by atoms with E-state index in [-0.39, 0.29) is 11.7 Å². The van der Waals surface area contributed by atoms with Gasteiger partial charge < -0.3 is 4.90 Å². The van der Waals surface area contributed by atoms with Crippen molar-refractivity contribution in [2.24, 2.45) is 0 Å². The smallest absolute Gasteiger partial charge is 0.254 e. The van der Waals surface area contributed by atoms with E-state index in [1.54, 1.807) is 6.07 Å². The molecule has 0 N–H and O–H groups in total. The first-order chi connectivity index (χ1) is 9.09. The summed E-state index contributed by atoms with van der Waals surface area (Å²) in [5, 5.41) is 0. The van der Waals surface area contributed by atoms with Crippen LogP contribution in [0.15, 0.2) is 18.2 Å². The van der Waals surface area contributed by atoms with Gasteiger partial charge in [0, 0.05) is 16.7 Å². The van der Waals surface area contributed by atoms with E-state index >= 15 is 0 Å². The van der Waals surface area contributed by atoms with Crippen LogP contribution in [0, 0.1) is 9.39 Å². The van der Waals surface area contributed by atoms with Crippen molar-refractivity contribution in [1.82, 2.24) is 4.90 Å². The number of nitrogens with zero attached hydrogens (tertiary/aromatic N) is 1. The summed E-state index contributed by atoms with van der Waals surface area (Å²) in [7, 11) is 1.87. The Labute approximate surface area is 127 Å². The second-order valence-corrected chi connectivity index (χ2v) is 6.35. The lowest BCUT2D eigenvalue weighted by molar-refractivity contribution is 0.0716. The topological polar surface area (TPSA) is 20.3 Å². The highest BCUT2D eigenvalue weighted by atomic mass is 127. The van der Waals surface area contributed by atoms with Gasteiger partial charge in [0.05, 0.1) is 5.56 Å². The molecule has 19 heavy (non-hydrogen) atoms. The highest BCUT2D eigenvalue weighted by molar-refractivity contribution is 14.1. The van der Waals surface area contributed by atoms with E-state index in [1.807, 2.05) is 34.5 Å². The SMILES string of the molecule is CN(C(=O)c1ccc(F)cc1I)C1CCCCCC1. The van der Waals surface area contributed by atoms with E-state index in [0.29, 0.717) is 15.2 Å². The molecule has 1 aliphatic carbocycles. The minimum Gasteiger partial charge on any atom is -0.339 e. The lowest BCUT2D eigenvalue weighted by atomic mass is 10.1. The number of benzene rings is 1. The third kappa shape index (κ3) is 3.68. The summed E-state index contributed by atoms with van der Waals surface area (Å²) < 4.78 is 13.8. The summed E-state index contributed by atoms with van der Waals surface area (Å²) >= 11 is 2.03. The Morgan fingerprint density at radius 1 is 1.26 bits per heavy atom. The molecule has 1 aliphatic rings. The van der Waals surface area contributed by atoms with Crippen LogP contribution in [0.5, 0.6) is 0 Å². The van der Waals surface area contributed by atoms with Gasteiger partial charge in [-0.1, -0.05) is 25.7 Å². The number of amides is 1. The lowest BCUT2D eigenvalue weighted by Crippen LogP contribution is -2.37. The van der Waals surface area contributed by atoms with Crippen molar-refractivity contribution in [2.75, 3.05) is 7.05 Å². The summed E-state index contributed by atoms with van der Waals surface area (Å²) in [6.45, 7) is 0. The van der Waals surface area contributed by atoms with Gasteiger partial charge in [-0.25, -0.2) is 4.39 Å². The zero-order valence-corrected chi connectivity index (χ0v) is 13.3. The number of carbonyl (C=O) groups is 1. The van der Waals surface area contributed by atoms with E-state index in [2.05, 4.69) is 0 Å². The number of hydrogen-bond donors (Lipinski definition) is 0. The lowest BCUT2D eigenvalue weighted by Gasteiger charge is -2.27. The minimum absolute atomic E-state index is 0.0105. The Kier molecular flexibility index (Phi) is 5.19. The van der Waals surface area contributed by atoms with Gasteiger partial charge in [0.1, 0.15) is 5.82 Å². The molecule has 0 spiro atoms. The Balaban J connectivity index is 2.13. The molecule has 0 radical (unpaired) electrons. The summed E-state index contributed by atoms with van der Waals surface area (Å²) in [4.78, 5) is 14.3. The van der Waals surface area contributed by atoms with Crippen LogP contribution in [0.2, 0.25) is 0 Å². The van der Waals surface area contributed by atoms with Crippen LogP contribution in [0.25, 0.3) is 0 Å². The number of carbonyl (C=O) groups excluding carboxylic acids is 1. The van der Waals surface area contributed by atoms with Crippen LogP contribution in [0.4, 0.5) is 4.39 Å². The normalized spacial score (nSPS) is 17.0. The highest BCUT2D eigenvalue weighted by Gasteiger charge is 2.23. The second-order valence-electron chi connectivity index (χ2n) is 5.19. The molecule has 0 bridgehead atoms. The first kappa shape index (κ1) is 14.8. The van der Waals surface area contributed by atoms with Gasteiger partial charge in [0.25, 0.3) is 5.91 Å². The molecule has 2 nitrogen and oxygen atoms in total. The van der Waals surface area contributed by atoms with Crippen molar-refractivity contribution in [2.45, 2.75) is 44.6 Å². The summed E-state index contributed by atoms with van der Waals surface area (Å²) in [5.74, 6) is -0.283. The number of rotatable bonds is 2. The third-order valence-corrected chi connectivity index (χ3v) is 4.75. The van der Waals surface area contributed by atoms with Gasteiger partial charge in [0.15, 0.2) is 0 Å². The summed E-state index contributed by atoms with van der Waals surface area (Å²) in [6.07, 6.45) is 7.10. The van der Waals surface area contributed by atoms with Crippen LogP contribution in [-0.4, -0.2) is 23.9 Å². The van der Waals surface area contributed by atoms with Crippen LogP contribution < -0.4 is 0 Å². The van der Waals surface area contributed by atoms with E-state index in [0.717, 1.165) is 12.8 Å². The van der Waals surface area contributed by atoms with E-state index in [4.69, 9.17) is 0 Å². The fourth-order valence-electron chi connectivity index (χ4n) is 2.66. The Bertz CT molecular complexity index is 455. The van der Waals surface area contributed by atoms with Crippen molar-refractivity contribution in [3.63, 3.8) is 0 Å². The Hall–Kier alpha value is -0.650. The fraction of sp³-hybridized carbons (Fsp3) is 0.533. The maximum absolute atomic E-state index is 13.1. The molecule has 0 saturated heterocycles. The van der Waals surface area contributed by atoms with Gasteiger partial charge in [-0.15, -0.1) is 0 Å². The maximum Gasteiger partial charge on any atom is 0.254 e. The fourth-order valence-corrected chi connectivity index (χ4v) is 3.37. The second kappa shape index (κ2) is 6.68. The molecule has 1 aromatic rings. The molecule has 104 valence electrons. The quantitative estimate of drug-likeness (QED) is 0.560. The molecule has 0 aliphatic heterocycles. The molecule has 0 heterocycles. The van der Waals surface area contributed by atoms with Crippen LogP contribution >= 0.6 is 22.6 Å². The Morgan fingerprint density at radius 2 is 1.89 bits per heavy atom. The first-order valence-corrected chi connectivity index (χ1v) is 7.89. The maximum atomic E-state index is 13.1. The summed E-state index contributed by atoms with van der Waals surface area (Å²) in [5.41, 5.74) is 0.605. The van der Waals surface area contributed by atoms with E-state index < -0.39 is 0 Å². The minimum atomic E-state index is -0.293. The molecule has 2 rings (SSSR count). The predicted octanol–water partition coefficient (Wildman–Crippen LogP) is 4.23. The molecule has 0 aromatic heterocycles. The van der Waals surface area contributed by atoms with Gasteiger partial charge in [-0.2, -0.15) is 0 Å². The van der Waals surface area contributed by atoms with E-state index in [9.17, 15) is 9.18 Å². The third-order valence-electron chi connectivity index (χ3n) is 3.85. The largest absolute Gasteiger partial charge is 0.339 e. The monoisotopic (exact) mass is 375 g/mol. The van der Waals surface area contributed by atoms with E-state index in [1.165, 1.54) is 37.8 Å². The predicted molar refractivity (Wildman–Crippen MR) is 82.7 cm³/mol. The number of hydrogen-bond acceptors (Lipinski definition) is 1. The molecule has 1 saturated carbocycles. The number of halogens is 2. The standard InChI is InChI=1S/C15H19FINO/c1-18(12-6-4-2-3-5-7-12)15(19)13-9-8-11(16)10-14(13)17/h8-10,12H,2-7H2,1H3. The average Bonchev–Trinajstić information content (AvgIpc) is 2.66. The van der Waals surface area contributed by atoms with Crippen molar-refractivity contribution in [3.05, 3.63) is 33.1 Å². The van der Waals surface area contributed by atoms with Gasteiger partial charge >= 0.3 is 0 Å². The first-order valence-electron chi connectivity index (χ1n) is 6.82. The Morgan fingerprint density at radius 3 is 2.47 bits per heavy atom. The van der Waals surface area contributed by atoms with Crippen molar-refractivity contribution >= 4 is 28.5 Å². The van der Waals surface area contributed by atoms with Crippen molar-refractivity contribution < 1.29 is 9.18 Å². The molecular formula is C15H19FINO. The molecular weight excluding hydrogens is 356 g/mol. The van der Waals surface area contributed by atoms with Gasteiger partial charge in [-0.05, 0) is 53.6 Å². The van der Waals surface area contributed by atoms with Crippen LogP contribution in [0.1, 0.15) is 48.9 Å². The molecule has 0 unspecified atom stereocenters. The molecule has 1 aromatic carbocycles. The molecule has 4 heteroatoms. The highest BCUT2D eigenvalue weighted by Crippen LogP contribution is 2.23. The molecule has 0 atom stereocenters. The zero-order valence-electron chi connectivity index (χ0n) is 11.2. The van der Waals surface area contributed by atoms with Crippen LogP contribution in [0.3, 0.4) is 0 Å². The van der Waals surface area contributed by atoms with Gasteiger partial charge in [0.2, 0.25) is 0 Å². The zero-order chi connectivity index (χ0) is 13.8. The van der Waals surface area contributed by atoms with Crippen molar-refractivity contribution in [1.29, 1.82) is 0 Å². The van der Waals surface area contributed by atoms with Crippen LogP contribution in [-0.2, 0) is 0 Å². The summed E-state index contributed by atoms with van der Waals surface area (Å²) in [6, 6.07) is 4.69.